The van der Waals surface area contributed by atoms with Gasteiger partial charge in [-0.2, -0.15) is 0 Å². The number of nitrogens with one attached hydrogen (secondary N) is 1. The highest BCUT2D eigenvalue weighted by atomic mass is 35.5. The molecule has 0 heterocycles. The van der Waals surface area contributed by atoms with Crippen LogP contribution in [-0.4, -0.2) is 50.5 Å². The summed E-state index contributed by atoms with van der Waals surface area (Å²) >= 11 is 12.2. The highest BCUT2D eigenvalue weighted by molar-refractivity contribution is 7.92. The first-order chi connectivity index (χ1) is 16.3. The van der Waals surface area contributed by atoms with Gasteiger partial charge < -0.3 is 10.2 Å². The van der Waals surface area contributed by atoms with Gasteiger partial charge >= 0.3 is 0 Å². The molecule has 35 heavy (non-hydrogen) atoms. The van der Waals surface area contributed by atoms with Crippen LogP contribution in [0.5, 0.6) is 0 Å². The van der Waals surface area contributed by atoms with Crippen LogP contribution in [0, 0.1) is 12.8 Å². The number of carbonyl (C=O) groups excluding carboxylic acids is 2. The molecule has 0 bridgehead atoms. The molecule has 0 fully saturated rings. The summed E-state index contributed by atoms with van der Waals surface area (Å²) in [4.78, 5) is 28.1. The van der Waals surface area contributed by atoms with Crippen molar-refractivity contribution in [3.05, 3.63) is 63.6 Å². The molecule has 2 amide bonds. The maximum atomic E-state index is 13.6. The van der Waals surface area contributed by atoms with Crippen LogP contribution in [0.1, 0.15) is 38.3 Å². The Morgan fingerprint density at radius 3 is 2.17 bits per heavy atom. The van der Waals surface area contributed by atoms with Crippen molar-refractivity contribution >= 4 is 50.7 Å². The van der Waals surface area contributed by atoms with Crippen LogP contribution in [0.4, 0.5) is 5.69 Å². The van der Waals surface area contributed by atoms with Crippen molar-refractivity contribution in [3.63, 3.8) is 0 Å². The lowest BCUT2D eigenvalue weighted by atomic mass is 10.1. The van der Waals surface area contributed by atoms with Gasteiger partial charge in [0.15, 0.2) is 0 Å². The zero-order chi connectivity index (χ0) is 26.3. The first kappa shape index (κ1) is 28.9. The van der Waals surface area contributed by atoms with E-state index in [9.17, 15) is 18.0 Å². The molecular weight excluding hydrogens is 509 g/mol. The molecule has 0 aliphatic rings. The number of benzene rings is 2. The van der Waals surface area contributed by atoms with Crippen molar-refractivity contribution < 1.29 is 18.0 Å². The van der Waals surface area contributed by atoms with Gasteiger partial charge in [0, 0.05) is 13.1 Å². The van der Waals surface area contributed by atoms with E-state index in [4.69, 9.17) is 23.2 Å². The second kappa shape index (κ2) is 12.6. The van der Waals surface area contributed by atoms with Crippen LogP contribution in [0.25, 0.3) is 0 Å². The van der Waals surface area contributed by atoms with Gasteiger partial charge in [0.1, 0.15) is 12.6 Å². The third-order valence-electron chi connectivity index (χ3n) is 5.41. The number of sulfonamides is 1. The van der Waals surface area contributed by atoms with Crippen molar-refractivity contribution in [2.45, 2.75) is 46.7 Å². The van der Waals surface area contributed by atoms with E-state index in [2.05, 4.69) is 5.32 Å². The fourth-order valence-electron chi connectivity index (χ4n) is 3.50. The largest absolute Gasteiger partial charge is 0.354 e. The number of hydrogen-bond donors (Lipinski definition) is 1. The van der Waals surface area contributed by atoms with Crippen molar-refractivity contribution in [2.24, 2.45) is 5.92 Å². The Labute approximate surface area is 218 Å². The molecule has 0 radical (unpaired) electrons. The van der Waals surface area contributed by atoms with E-state index in [1.165, 1.54) is 4.90 Å². The molecule has 2 rings (SSSR count). The summed E-state index contributed by atoms with van der Waals surface area (Å²) in [5.41, 5.74) is 2.00. The summed E-state index contributed by atoms with van der Waals surface area (Å²) in [5.74, 6) is -0.567. The van der Waals surface area contributed by atoms with Crippen LogP contribution in [0.3, 0.4) is 0 Å². The van der Waals surface area contributed by atoms with Crippen molar-refractivity contribution in [2.75, 3.05) is 23.7 Å². The number of carbonyl (C=O) groups is 2. The van der Waals surface area contributed by atoms with Gasteiger partial charge in [0.05, 0.1) is 22.0 Å². The third kappa shape index (κ3) is 8.40. The molecule has 0 aliphatic heterocycles. The Morgan fingerprint density at radius 2 is 1.66 bits per heavy atom. The van der Waals surface area contributed by atoms with Crippen molar-refractivity contribution in [1.29, 1.82) is 0 Å². The Morgan fingerprint density at radius 1 is 1.03 bits per heavy atom. The van der Waals surface area contributed by atoms with Crippen molar-refractivity contribution in [1.82, 2.24) is 10.2 Å². The molecule has 1 N–H and O–H groups in total. The molecule has 2 aromatic rings. The van der Waals surface area contributed by atoms with Gasteiger partial charge in [0.25, 0.3) is 0 Å². The summed E-state index contributed by atoms with van der Waals surface area (Å²) in [6, 6.07) is 11.0. The highest BCUT2D eigenvalue weighted by Crippen LogP contribution is 2.25. The molecular formula is C25H33Cl2N3O4S. The quantitative estimate of drug-likeness (QED) is 0.448. The smallest absolute Gasteiger partial charge is 0.244 e. The predicted octanol–water partition coefficient (Wildman–Crippen LogP) is 4.65. The summed E-state index contributed by atoms with van der Waals surface area (Å²) in [5, 5.41) is 3.58. The first-order valence-corrected chi connectivity index (χ1v) is 14.0. The maximum absolute atomic E-state index is 13.6. The minimum atomic E-state index is -3.77. The fourth-order valence-corrected chi connectivity index (χ4v) is 4.67. The molecule has 0 spiro atoms. The fraction of sp³-hybridized carbons (Fsp3) is 0.440. The monoisotopic (exact) mass is 541 g/mol. The molecule has 192 valence electrons. The number of nitrogens with zero attached hydrogens (tertiary/aromatic N) is 2. The Bertz CT molecular complexity index is 1140. The normalized spacial score (nSPS) is 12.3. The van der Waals surface area contributed by atoms with Gasteiger partial charge in [-0.15, -0.1) is 0 Å². The third-order valence-corrected chi connectivity index (χ3v) is 7.29. The van der Waals surface area contributed by atoms with E-state index in [1.54, 1.807) is 42.5 Å². The lowest BCUT2D eigenvalue weighted by molar-refractivity contribution is -0.140. The van der Waals surface area contributed by atoms with E-state index in [-0.39, 0.29) is 18.4 Å². The first-order valence-electron chi connectivity index (χ1n) is 11.4. The average molecular weight is 543 g/mol. The predicted molar refractivity (Wildman–Crippen MR) is 142 cm³/mol. The Hall–Kier alpha value is -2.29. The van der Waals surface area contributed by atoms with Crippen LogP contribution < -0.4 is 9.62 Å². The van der Waals surface area contributed by atoms with E-state index in [0.717, 1.165) is 16.1 Å². The van der Waals surface area contributed by atoms with Gasteiger partial charge in [-0.25, -0.2) is 8.42 Å². The Kier molecular flexibility index (Phi) is 10.4. The van der Waals surface area contributed by atoms with Crippen LogP contribution in [0.15, 0.2) is 42.5 Å². The van der Waals surface area contributed by atoms with Gasteiger partial charge in [0.2, 0.25) is 21.8 Å². The molecule has 0 aliphatic carbocycles. The number of amides is 2. The standard InChI is InChI=1S/C25H33Cl2N3O4S/c1-6-23(25(32)28-14-17(2)3)29(15-19-9-12-21(26)22(27)13-19)24(31)16-30(35(5,33)34)20-10-7-18(4)8-11-20/h7-13,17,23H,6,14-16H2,1-5H3,(H,28,32)/t23-/m1/s1. The molecule has 0 saturated carbocycles. The minimum absolute atomic E-state index is 0.0643. The second-order valence-electron chi connectivity index (χ2n) is 8.94. The molecule has 1 atom stereocenters. The summed E-state index contributed by atoms with van der Waals surface area (Å²) < 4.78 is 26.3. The maximum Gasteiger partial charge on any atom is 0.244 e. The Balaban J connectivity index is 2.43. The van der Waals surface area contributed by atoms with Gasteiger partial charge in [-0.05, 0) is 49.1 Å². The second-order valence-corrected chi connectivity index (χ2v) is 11.7. The summed E-state index contributed by atoms with van der Waals surface area (Å²) in [6.45, 7) is 7.73. The zero-order valence-electron chi connectivity index (χ0n) is 20.7. The van der Waals surface area contributed by atoms with Crippen LogP contribution in [0.2, 0.25) is 10.0 Å². The number of rotatable bonds is 11. The molecule has 0 saturated heterocycles. The van der Waals surface area contributed by atoms with E-state index in [1.807, 2.05) is 27.7 Å². The lowest BCUT2D eigenvalue weighted by Crippen LogP contribution is -2.52. The highest BCUT2D eigenvalue weighted by Gasteiger charge is 2.31. The molecule has 10 heteroatoms. The molecule has 7 nitrogen and oxygen atoms in total. The van der Waals surface area contributed by atoms with Gasteiger partial charge in [-0.1, -0.05) is 67.7 Å². The zero-order valence-corrected chi connectivity index (χ0v) is 23.0. The topological polar surface area (TPSA) is 86.8 Å². The number of anilines is 1. The van der Waals surface area contributed by atoms with Crippen molar-refractivity contribution in [3.8, 4) is 0 Å². The van der Waals surface area contributed by atoms with E-state index in [0.29, 0.717) is 34.3 Å². The molecule has 2 aromatic carbocycles. The molecule has 0 unspecified atom stereocenters. The van der Waals surface area contributed by atoms with Crippen LogP contribution >= 0.6 is 23.2 Å². The number of hydrogen-bond acceptors (Lipinski definition) is 4. The summed E-state index contributed by atoms with van der Waals surface area (Å²) in [6.07, 6.45) is 1.40. The number of halogens is 2. The van der Waals surface area contributed by atoms with E-state index >= 15 is 0 Å². The number of aryl methyl sites for hydroxylation is 1. The average Bonchev–Trinajstić information content (AvgIpc) is 2.78. The van der Waals surface area contributed by atoms with Crippen LogP contribution in [-0.2, 0) is 26.2 Å². The van der Waals surface area contributed by atoms with Gasteiger partial charge in [-0.3, -0.25) is 13.9 Å². The minimum Gasteiger partial charge on any atom is -0.354 e. The molecule has 0 aromatic heterocycles. The SMILES string of the molecule is CC[C@H](C(=O)NCC(C)C)N(Cc1ccc(Cl)c(Cl)c1)C(=O)CN(c1ccc(C)cc1)S(C)(=O)=O. The summed E-state index contributed by atoms with van der Waals surface area (Å²) in [7, 11) is -3.77. The van der Waals surface area contributed by atoms with E-state index < -0.39 is 28.5 Å². The lowest BCUT2D eigenvalue weighted by Gasteiger charge is -2.33.